The van der Waals surface area contributed by atoms with Gasteiger partial charge in [0.25, 0.3) is 0 Å². The van der Waals surface area contributed by atoms with Crippen LogP contribution in [0, 0.1) is 0 Å². The third-order valence-electron chi connectivity index (χ3n) is 2.84. The van der Waals surface area contributed by atoms with Gasteiger partial charge in [0.05, 0.1) is 0 Å². The van der Waals surface area contributed by atoms with Gasteiger partial charge in [-0.15, -0.1) is 0 Å². The van der Waals surface area contributed by atoms with Crippen molar-refractivity contribution in [3.63, 3.8) is 0 Å². The molecule has 0 saturated heterocycles. The Bertz CT molecular complexity index is 781. The number of carboxylic acid groups (broad SMARTS) is 2. The molecule has 0 amide bonds. The standard InChI is InChI=1S/2C9H8O4/c2*10-7-3-1-6(5-8(7)11)2-4-9(12)13/h2*1-5,10-11H,(H,12,13). The fraction of sp³-hybridized carbons (Fsp3) is 0. The Morgan fingerprint density at radius 1 is 0.615 bits per heavy atom. The molecule has 0 aliphatic carbocycles. The lowest BCUT2D eigenvalue weighted by molar-refractivity contribution is -0.132. The maximum atomic E-state index is 10.1. The topological polar surface area (TPSA) is 156 Å². The highest BCUT2D eigenvalue weighted by Crippen LogP contribution is 2.26. The van der Waals surface area contributed by atoms with Crippen molar-refractivity contribution in [3.05, 3.63) is 59.7 Å². The van der Waals surface area contributed by atoms with Crippen LogP contribution in [0.4, 0.5) is 0 Å². The minimum Gasteiger partial charge on any atom is -0.504 e. The smallest absolute Gasteiger partial charge is 0.328 e. The molecule has 26 heavy (non-hydrogen) atoms. The van der Waals surface area contributed by atoms with Crippen molar-refractivity contribution in [2.24, 2.45) is 0 Å². The van der Waals surface area contributed by atoms with Crippen molar-refractivity contribution < 1.29 is 40.2 Å². The zero-order chi connectivity index (χ0) is 19.7. The normalized spacial score (nSPS) is 10.5. The van der Waals surface area contributed by atoms with Gasteiger partial charge < -0.3 is 30.6 Å². The average molecular weight is 360 g/mol. The summed E-state index contributed by atoms with van der Waals surface area (Å²) in [4.78, 5) is 20.3. The summed E-state index contributed by atoms with van der Waals surface area (Å²) in [6, 6.07) is 8.11. The summed E-state index contributed by atoms with van der Waals surface area (Å²) < 4.78 is 0. The van der Waals surface area contributed by atoms with Crippen LogP contribution in [0.5, 0.6) is 23.0 Å². The highest BCUT2D eigenvalue weighted by molar-refractivity contribution is 5.85. The molecule has 0 spiro atoms. The van der Waals surface area contributed by atoms with E-state index >= 15 is 0 Å². The Morgan fingerprint density at radius 2 is 0.962 bits per heavy atom. The monoisotopic (exact) mass is 360 g/mol. The van der Waals surface area contributed by atoms with Crippen molar-refractivity contribution in [2.45, 2.75) is 0 Å². The van der Waals surface area contributed by atoms with Gasteiger partial charge in [-0.25, -0.2) is 9.59 Å². The Labute approximate surface area is 147 Å². The van der Waals surface area contributed by atoms with E-state index in [0.717, 1.165) is 12.2 Å². The number of phenolic OH excluding ortho intramolecular Hbond substituents is 4. The van der Waals surface area contributed by atoms with Gasteiger partial charge in [0.1, 0.15) is 0 Å². The van der Waals surface area contributed by atoms with E-state index in [0.29, 0.717) is 11.1 Å². The molecule has 0 aliphatic rings. The first-order chi connectivity index (χ1) is 12.2. The molecule has 0 heterocycles. The number of hydrogen-bond donors (Lipinski definition) is 6. The van der Waals surface area contributed by atoms with Crippen LogP contribution in [-0.2, 0) is 9.59 Å². The predicted molar refractivity (Wildman–Crippen MR) is 92.9 cm³/mol. The Morgan fingerprint density at radius 3 is 1.23 bits per heavy atom. The van der Waals surface area contributed by atoms with E-state index in [1.54, 1.807) is 0 Å². The maximum Gasteiger partial charge on any atom is 0.328 e. The average Bonchev–Trinajstić information content (AvgIpc) is 2.57. The second-order valence-corrected chi connectivity index (χ2v) is 4.84. The van der Waals surface area contributed by atoms with E-state index in [1.807, 2.05) is 0 Å². The van der Waals surface area contributed by atoms with Crippen LogP contribution in [-0.4, -0.2) is 42.6 Å². The van der Waals surface area contributed by atoms with Crippen LogP contribution < -0.4 is 0 Å². The largest absolute Gasteiger partial charge is 0.504 e. The molecule has 8 nitrogen and oxygen atoms in total. The lowest BCUT2D eigenvalue weighted by atomic mass is 10.2. The van der Waals surface area contributed by atoms with Crippen LogP contribution in [0.15, 0.2) is 48.6 Å². The van der Waals surface area contributed by atoms with Gasteiger partial charge in [-0.05, 0) is 47.5 Å². The number of benzene rings is 2. The van der Waals surface area contributed by atoms with Crippen molar-refractivity contribution in [3.8, 4) is 23.0 Å². The van der Waals surface area contributed by atoms with Crippen LogP contribution in [0.3, 0.4) is 0 Å². The first kappa shape index (κ1) is 20.1. The molecule has 0 unspecified atom stereocenters. The zero-order valence-electron chi connectivity index (χ0n) is 13.3. The van der Waals surface area contributed by atoms with Crippen molar-refractivity contribution in [2.75, 3.05) is 0 Å². The number of carbonyl (C=O) groups is 2. The van der Waals surface area contributed by atoms with Gasteiger partial charge in [-0.2, -0.15) is 0 Å². The fourth-order valence-corrected chi connectivity index (χ4v) is 1.62. The van der Waals surface area contributed by atoms with Crippen LogP contribution in [0.1, 0.15) is 11.1 Å². The van der Waals surface area contributed by atoms with Crippen molar-refractivity contribution >= 4 is 24.1 Å². The molecular formula is C18H16O8. The molecule has 2 rings (SSSR count). The molecule has 136 valence electrons. The molecule has 6 N–H and O–H groups in total. The Balaban J connectivity index is 0.000000260. The Kier molecular flexibility index (Phi) is 7.25. The maximum absolute atomic E-state index is 10.1. The molecular weight excluding hydrogens is 344 g/mol. The second-order valence-electron chi connectivity index (χ2n) is 4.84. The van der Waals surface area contributed by atoms with E-state index in [9.17, 15) is 9.59 Å². The van der Waals surface area contributed by atoms with Gasteiger partial charge in [-0.1, -0.05) is 12.1 Å². The van der Waals surface area contributed by atoms with Gasteiger partial charge >= 0.3 is 11.9 Å². The molecule has 0 atom stereocenters. The van der Waals surface area contributed by atoms with Crippen molar-refractivity contribution in [1.82, 2.24) is 0 Å². The van der Waals surface area contributed by atoms with E-state index in [-0.39, 0.29) is 23.0 Å². The van der Waals surface area contributed by atoms with Crippen LogP contribution in [0.2, 0.25) is 0 Å². The van der Waals surface area contributed by atoms with E-state index in [1.165, 1.54) is 48.6 Å². The summed E-state index contributed by atoms with van der Waals surface area (Å²) in [5, 5.41) is 52.5. The first-order valence-electron chi connectivity index (χ1n) is 7.05. The zero-order valence-corrected chi connectivity index (χ0v) is 13.3. The second kappa shape index (κ2) is 9.38. The molecule has 0 saturated carbocycles. The van der Waals surface area contributed by atoms with Crippen molar-refractivity contribution in [1.29, 1.82) is 0 Å². The van der Waals surface area contributed by atoms with Gasteiger partial charge in [-0.3, -0.25) is 0 Å². The highest BCUT2D eigenvalue weighted by Gasteiger charge is 1.98. The highest BCUT2D eigenvalue weighted by atomic mass is 16.4. The molecule has 0 aromatic heterocycles. The number of hydrogen-bond acceptors (Lipinski definition) is 6. The quantitative estimate of drug-likeness (QED) is 0.358. The van der Waals surface area contributed by atoms with E-state index in [4.69, 9.17) is 30.6 Å². The summed E-state index contributed by atoms with van der Waals surface area (Å²) in [6.07, 6.45) is 4.54. The number of phenols is 4. The molecule has 2 aromatic carbocycles. The summed E-state index contributed by atoms with van der Waals surface area (Å²) in [5.41, 5.74) is 1.02. The summed E-state index contributed by atoms with van der Waals surface area (Å²) in [6.45, 7) is 0. The molecule has 0 bridgehead atoms. The molecule has 8 heteroatoms. The van der Waals surface area contributed by atoms with Gasteiger partial charge in [0.2, 0.25) is 0 Å². The summed E-state index contributed by atoms with van der Waals surface area (Å²) >= 11 is 0. The minimum absolute atomic E-state index is 0.229. The number of aromatic hydroxyl groups is 4. The van der Waals surface area contributed by atoms with E-state index < -0.39 is 11.9 Å². The number of carboxylic acids is 2. The SMILES string of the molecule is O=C(O)C=Cc1ccc(O)c(O)c1.O=C(O)C=Cc1ccc(O)c(O)c1. The summed E-state index contributed by atoms with van der Waals surface area (Å²) in [7, 11) is 0. The first-order valence-corrected chi connectivity index (χ1v) is 7.05. The van der Waals surface area contributed by atoms with Gasteiger partial charge in [0.15, 0.2) is 23.0 Å². The third kappa shape index (κ3) is 7.09. The lowest BCUT2D eigenvalue weighted by Crippen LogP contribution is -1.85. The summed E-state index contributed by atoms with van der Waals surface area (Å²) in [5.74, 6) is -3.12. The molecule has 0 aliphatic heterocycles. The minimum atomic E-state index is -1.06. The Hall–Kier alpha value is -3.94. The third-order valence-corrected chi connectivity index (χ3v) is 2.84. The van der Waals surface area contributed by atoms with Crippen LogP contribution >= 0.6 is 0 Å². The fourth-order valence-electron chi connectivity index (χ4n) is 1.62. The van der Waals surface area contributed by atoms with E-state index in [2.05, 4.69) is 0 Å². The number of aliphatic carboxylic acids is 2. The molecule has 0 radical (unpaired) electrons. The molecule has 2 aromatic rings. The van der Waals surface area contributed by atoms with Crippen LogP contribution in [0.25, 0.3) is 12.2 Å². The molecule has 0 fully saturated rings. The predicted octanol–water partition coefficient (Wildman–Crippen LogP) is 2.39. The lowest BCUT2D eigenvalue weighted by Gasteiger charge is -1.97. The number of rotatable bonds is 4. The van der Waals surface area contributed by atoms with Gasteiger partial charge in [0, 0.05) is 12.2 Å².